The zero-order valence-electron chi connectivity index (χ0n) is 29.1. The summed E-state index contributed by atoms with van der Waals surface area (Å²) in [5, 5.41) is 13.1. The molecule has 0 saturated heterocycles. The Balaban J connectivity index is 1.19. The van der Waals surface area contributed by atoms with Crippen molar-refractivity contribution in [3.63, 3.8) is 0 Å². The molecule has 12 rings (SSSR count). The fraction of sp³-hybridized carbons (Fsp3) is 0. The van der Waals surface area contributed by atoms with Crippen molar-refractivity contribution in [1.29, 1.82) is 0 Å². The summed E-state index contributed by atoms with van der Waals surface area (Å²) in [7, 11) is 0. The Labute approximate surface area is 309 Å². The van der Waals surface area contributed by atoms with Gasteiger partial charge in [-0.15, -0.1) is 0 Å². The van der Waals surface area contributed by atoms with Crippen LogP contribution < -0.4 is 0 Å². The van der Waals surface area contributed by atoms with Gasteiger partial charge in [-0.05, 0) is 86.9 Å². The van der Waals surface area contributed by atoms with Crippen molar-refractivity contribution in [2.45, 2.75) is 0 Å². The Kier molecular flexibility index (Phi) is 6.02. The quantitative estimate of drug-likeness (QED) is 0.185. The lowest BCUT2D eigenvalue weighted by Crippen LogP contribution is -2.04. The zero-order chi connectivity index (χ0) is 35.3. The first-order valence-corrected chi connectivity index (χ1v) is 18.4. The molecule has 12 aromatic rings. The Morgan fingerprint density at radius 3 is 1.57 bits per heavy atom. The summed E-state index contributed by atoms with van der Waals surface area (Å²) in [6.45, 7) is 0. The normalized spacial score (nSPS) is 12.1. The third-order valence-corrected chi connectivity index (χ3v) is 11.2. The third-order valence-electron chi connectivity index (χ3n) is 11.2. The van der Waals surface area contributed by atoms with Crippen LogP contribution in [0.5, 0.6) is 0 Å². The molecule has 0 N–H and O–H groups in total. The van der Waals surface area contributed by atoms with Gasteiger partial charge < -0.3 is 4.57 Å². The van der Waals surface area contributed by atoms with Gasteiger partial charge in [-0.2, -0.15) is 0 Å². The average molecular weight is 687 g/mol. The molecule has 3 aromatic heterocycles. The van der Waals surface area contributed by atoms with E-state index in [1.165, 1.54) is 59.5 Å². The lowest BCUT2D eigenvalue weighted by atomic mass is 10.0. The van der Waals surface area contributed by atoms with Gasteiger partial charge in [-0.1, -0.05) is 127 Å². The molecule has 0 radical (unpaired) electrons. The van der Waals surface area contributed by atoms with Gasteiger partial charge in [0.2, 0.25) is 5.95 Å². The van der Waals surface area contributed by atoms with Gasteiger partial charge in [-0.3, -0.25) is 4.57 Å². The molecule has 4 nitrogen and oxygen atoms in total. The number of hydrogen-bond acceptors (Lipinski definition) is 2. The van der Waals surface area contributed by atoms with Crippen molar-refractivity contribution in [2.75, 3.05) is 0 Å². The lowest BCUT2D eigenvalue weighted by Gasteiger charge is -2.13. The topological polar surface area (TPSA) is 35.6 Å². The molecule has 0 bridgehead atoms. The van der Waals surface area contributed by atoms with Crippen LogP contribution in [0.1, 0.15) is 0 Å². The van der Waals surface area contributed by atoms with Crippen molar-refractivity contribution in [3.8, 4) is 22.9 Å². The fourth-order valence-electron chi connectivity index (χ4n) is 8.70. The lowest BCUT2D eigenvalue weighted by molar-refractivity contribution is 1.01. The van der Waals surface area contributed by atoms with E-state index in [9.17, 15) is 0 Å². The van der Waals surface area contributed by atoms with Crippen molar-refractivity contribution >= 4 is 86.8 Å². The van der Waals surface area contributed by atoms with Crippen molar-refractivity contribution in [1.82, 2.24) is 19.1 Å². The van der Waals surface area contributed by atoms with Gasteiger partial charge in [0.15, 0.2) is 0 Å². The summed E-state index contributed by atoms with van der Waals surface area (Å²) in [5.41, 5.74) is 8.48. The molecule has 0 aliphatic heterocycles. The molecule has 4 heteroatoms. The van der Waals surface area contributed by atoms with E-state index in [1.807, 2.05) is 0 Å². The first kappa shape index (κ1) is 29.3. The fourth-order valence-corrected chi connectivity index (χ4v) is 8.70. The standard InChI is InChI=1S/C50H30N4/c1-2-12-32-25-37(22-21-31(32)11-1)49-41-18-7-9-19-44(41)51-50(52-49)54-47-29-36-16-6-4-14-34(36)27-43(47)40-24-23-38(30-48(40)54)53-45-20-10-8-17-39(45)42-26-33-13-3-5-15-35(33)28-46(42)53/h1-30H. The molecule has 0 aliphatic rings. The molecular weight excluding hydrogens is 657 g/mol. The van der Waals surface area contributed by atoms with E-state index in [-0.39, 0.29) is 0 Å². The van der Waals surface area contributed by atoms with Gasteiger partial charge in [0.1, 0.15) is 0 Å². The largest absolute Gasteiger partial charge is 0.309 e. The molecule has 0 saturated carbocycles. The highest BCUT2D eigenvalue weighted by molar-refractivity contribution is 6.16. The van der Waals surface area contributed by atoms with Crippen LogP contribution >= 0.6 is 0 Å². The van der Waals surface area contributed by atoms with Crippen LogP contribution in [-0.4, -0.2) is 19.1 Å². The van der Waals surface area contributed by atoms with E-state index >= 15 is 0 Å². The number of hydrogen-bond donors (Lipinski definition) is 0. The maximum absolute atomic E-state index is 5.47. The minimum absolute atomic E-state index is 0.650. The summed E-state index contributed by atoms with van der Waals surface area (Å²) in [6, 6.07) is 65.6. The molecule has 0 amide bonds. The van der Waals surface area contributed by atoms with Crippen molar-refractivity contribution in [2.24, 2.45) is 0 Å². The summed E-state index contributed by atoms with van der Waals surface area (Å²) < 4.78 is 4.69. The predicted octanol–water partition coefficient (Wildman–Crippen LogP) is 13.0. The third kappa shape index (κ3) is 4.25. The predicted molar refractivity (Wildman–Crippen MR) is 226 cm³/mol. The molecule has 9 aromatic carbocycles. The van der Waals surface area contributed by atoms with Crippen LogP contribution in [0.2, 0.25) is 0 Å². The number of benzene rings is 9. The Morgan fingerprint density at radius 1 is 0.315 bits per heavy atom. The van der Waals surface area contributed by atoms with Crippen molar-refractivity contribution < 1.29 is 0 Å². The SMILES string of the molecule is c1ccc2cc(-c3nc(-n4c5cc(-n6c7ccccc7c7cc8ccccc8cc76)ccc5c5cc6ccccc6cc54)nc4ccccc34)ccc2c1. The zero-order valence-corrected chi connectivity index (χ0v) is 29.1. The Bertz CT molecular complexity index is 3510. The van der Waals surface area contributed by atoms with Crippen LogP contribution in [0.3, 0.4) is 0 Å². The summed E-state index contributed by atoms with van der Waals surface area (Å²) in [4.78, 5) is 10.8. The minimum atomic E-state index is 0.650. The molecule has 3 heterocycles. The first-order chi connectivity index (χ1) is 26.7. The van der Waals surface area contributed by atoms with Gasteiger partial charge in [0.25, 0.3) is 0 Å². The summed E-state index contributed by atoms with van der Waals surface area (Å²) in [6.07, 6.45) is 0. The maximum Gasteiger partial charge on any atom is 0.235 e. The first-order valence-electron chi connectivity index (χ1n) is 18.4. The minimum Gasteiger partial charge on any atom is -0.309 e. The molecule has 250 valence electrons. The summed E-state index contributed by atoms with van der Waals surface area (Å²) >= 11 is 0. The van der Waals surface area contributed by atoms with Gasteiger partial charge in [0, 0.05) is 38.2 Å². The van der Waals surface area contributed by atoms with Crippen molar-refractivity contribution in [3.05, 3.63) is 182 Å². The molecule has 0 aliphatic carbocycles. The molecular formula is C50H30N4. The molecule has 54 heavy (non-hydrogen) atoms. The monoisotopic (exact) mass is 686 g/mol. The van der Waals surface area contributed by atoms with E-state index in [0.29, 0.717) is 5.95 Å². The van der Waals surface area contributed by atoms with Gasteiger partial charge in [-0.25, -0.2) is 9.97 Å². The highest BCUT2D eigenvalue weighted by Gasteiger charge is 2.20. The van der Waals surface area contributed by atoms with Crippen LogP contribution in [0.4, 0.5) is 0 Å². The second kappa shape index (κ2) is 11.1. The Morgan fingerprint density at radius 2 is 0.852 bits per heavy atom. The second-order valence-electron chi connectivity index (χ2n) is 14.3. The summed E-state index contributed by atoms with van der Waals surface area (Å²) in [5.74, 6) is 0.650. The van der Waals surface area contributed by atoms with E-state index < -0.39 is 0 Å². The number of fused-ring (bicyclic) bond motifs is 10. The highest BCUT2D eigenvalue weighted by atomic mass is 15.2. The molecule has 0 fully saturated rings. The highest BCUT2D eigenvalue weighted by Crippen LogP contribution is 2.40. The van der Waals surface area contributed by atoms with E-state index in [1.54, 1.807) is 0 Å². The van der Waals surface area contributed by atoms with Gasteiger partial charge in [0.05, 0.1) is 33.3 Å². The average Bonchev–Trinajstić information content (AvgIpc) is 3.72. The Hall–Kier alpha value is -7.30. The smallest absolute Gasteiger partial charge is 0.235 e. The maximum atomic E-state index is 5.47. The molecule has 0 spiro atoms. The number of para-hydroxylation sites is 2. The molecule has 0 unspecified atom stereocenters. The second-order valence-corrected chi connectivity index (χ2v) is 14.3. The van der Waals surface area contributed by atoms with Crippen LogP contribution in [0.15, 0.2) is 182 Å². The van der Waals surface area contributed by atoms with E-state index in [0.717, 1.165) is 44.3 Å². The van der Waals surface area contributed by atoms with Crippen LogP contribution in [0.25, 0.3) is 110 Å². The number of nitrogens with zero attached hydrogens (tertiary/aromatic N) is 4. The number of aromatic nitrogens is 4. The van der Waals surface area contributed by atoms with Crippen LogP contribution in [0, 0.1) is 0 Å². The van der Waals surface area contributed by atoms with E-state index in [2.05, 4.69) is 191 Å². The van der Waals surface area contributed by atoms with Gasteiger partial charge >= 0.3 is 0 Å². The van der Waals surface area contributed by atoms with Crippen LogP contribution in [-0.2, 0) is 0 Å². The number of rotatable bonds is 3. The molecule has 0 atom stereocenters. The van der Waals surface area contributed by atoms with E-state index in [4.69, 9.17) is 9.97 Å².